The highest BCUT2D eigenvalue weighted by Crippen LogP contribution is 2.19. The van der Waals surface area contributed by atoms with Crippen molar-refractivity contribution >= 4 is 11.8 Å². The second-order valence-electron chi connectivity index (χ2n) is 7.63. The van der Waals surface area contributed by atoms with Crippen LogP contribution in [-0.2, 0) is 13.1 Å². The lowest BCUT2D eigenvalue weighted by Crippen LogP contribution is -2.37. The van der Waals surface area contributed by atoms with Gasteiger partial charge in [-0.2, -0.15) is 0 Å². The summed E-state index contributed by atoms with van der Waals surface area (Å²) in [6.07, 6.45) is 0.763. The van der Waals surface area contributed by atoms with Gasteiger partial charge in [0, 0.05) is 24.2 Å². The van der Waals surface area contributed by atoms with Crippen molar-refractivity contribution in [1.82, 2.24) is 15.4 Å². The Morgan fingerprint density at radius 1 is 1.06 bits per heavy atom. The number of ether oxygens (including phenoxy) is 2. The van der Waals surface area contributed by atoms with E-state index >= 15 is 0 Å². The highest BCUT2D eigenvalue weighted by molar-refractivity contribution is 5.95. The predicted octanol–water partition coefficient (Wildman–Crippen LogP) is 4.06. The number of nitrogens with one attached hydrogen (secondary N) is 1. The molecule has 0 saturated heterocycles. The fourth-order valence-corrected chi connectivity index (χ4v) is 3.25. The summed E-state index contributed by atoms with van der Waals surface area (Å²) in [5.74, 6) is 1.29. The zero-order valence-corrected chi connectivity index (χ0v) is 19.3. The summed E-state index contributed by atoms with van der Waals surface area (Å²) >= 11 is 0. The number of hydrogen-bond acceptors (Lipinski definition) is 6. The zero-order valence-electron chi connectivity index (χ0n) is 19.3. The third-order valence-corrected chi connectivity index (χ3v) is 5.43. The molecule has 1 N–H and O–H groups in total. The number of rotatable bonds is 10. The molecule has 0 aliphatic rings. The first-order valence-electron chi connectivity index (χ1n) is 10.8. The van der Waals surface area contributed by atoms with Gasteiger partial charge < -0.3 is 24.2 Å². The van der Waals surface area contributed by atoms with Crippen molar-refractivity contribution in [3.8, 4) is 11.5 Å². The summed E-state index contributed by atoms with van der Waals surface area (Å²) in [5, 5.41) is 6.71. The van der Waals surface area contributed by atoms with E-state index in [0.29, 0.717) is 23.6 Å². The zero-order chi connectivity index (χ0) is 23.8. The Hall–Kier alpha value is -3.81. The summed E-state index contributed by atoms with van der Waals surface area (Å²) < 4.78 is 15.8. The van der Waals surface area contributed by atoms with Gasteiger partial charge in [-0.3, -0.25) is 9.59 Å². The van der Waals surface area contributed by atoms with Gasteiger partial charge in [-0.15, -0.1) is 0 Å². The third kappa shape index (κ3) is 6.12. The van der Waals surface area contributed by atoms with Crippen molar-refractivity contribution in [1.29, 1.82) is 0 Å². The Morgan fingerprint density at radius 3 is 2.45 bits per heavy atom. The Morgan fingerprint density at radius 2 is 1.79 bits per heavy atom. The number of aromatic nitrogens is 1. The minimum absolute atomic E-state index is 0.0406. The second-order valence-corrected chi connectivity index (χ2v) is 7.63. The normalized spacial score (nSPS) is 11.5. The number of methoxy groups -OCH3 is 2. The minimum atomic E-state index is -0.352. The van der Waals surface area contributed by atoms with Gasteiger partial charge in [0.05, 0.1) is 20.8 Å². The number of hydrogen-bond donors (Lipinski definition) is 1. The van der Waals surface area contributed by atoms with Crippen molar-refractivity contribution in [3.63, 3.8) is 0 Å². The van der Waals surface area contributed by atoms with E-state index in [1.807, 2.05) is 38.1 Å². The average Bonchev–Trinajstić information content (AvgIpc) is 3.34. The number of nitrogens with zero attached hydrogens (tertiary/aromatic N) is 2. The lowest BCUT2D eigenvalue weighted by Gasteiger charge is -2.27. The smallest absolute Gasteiger partial charge is 0.273 e. The van der Waals surface area contributed by atoms with Crippen LogP contribution in [0.15, 0.2) is 59.1 Å². The Labute approximate surface area is 193 Å². The first-order chi connectivity index (χ1) is 15.9. The van der Waals surface area contributed by atoms with Crippen molar-refractivity contribution in [3.05, 3.63) is 77.2 Å². The van der Waals surface area contributed by atoms with E-state index in [4.69, 9.17) is 14.0 Å². The lowest BCUT2D eigenvalue weighted by atomic mass is 10.1. The van der Waals surface area contributed by atoms with Gasteiger partial charge >= 0.3 is 0 Å². The summed E-state index contributed by atoms with van der Waals surface area (Å²) in [4.78, 5) is 27.4. The maximum Gasteiger partial charge on any atom is 0.273 e. The fourth-order valence-electron chi connectivity index (χ4n) is 3.25. The van der Waals surface area contributed by atoms with Gasteiger partial charge in [-0.1, -0.05) is 30.3 Å². The van der Waals surface area contributed by atoms with E-state index in [1.165, 1.54) is 0 Å². The molecular weight excluding hydrogens is 422 g/mol. The monoisotopic (exact) mass is 451 g/mol. The van der Waals surface area contributed by atoms with Crippen molar-refractivity contribution in [2.75, 3.05) is 14.2 Å². The first-order valence-corrected chi connectivity index (χ1v) is 10.8. The molecular formula is C25H29N3O5. The summed E-state index contributed by atoms with van der Waals surface area (Å²) in [6, 6.07) is 16.0. The molecule has 0 fully saturated rings. The molecule has 2 aromatic carbocycles. The minimum Gasteiger partial charge on any atom is -0.497 e. The van der Waals surface area contributed by atoms with Crippen LogP contribution >= 0.6 is 0 Å². The van der Waals surface area contributed by atoms with Crippen LogP contribution in [0.5, 0.6) is 11.5 Å². The molecule has 8 heteroatoms. The summed E-state index contributed by atoms with van der Waals surface area (Å²) in [5.41, 5.74) is 1.61. The molecule has 0 aliphatic heterocycles. The molecule has 1 aromatic heterocycles. The largest absolute Gasteiger partial charge is 0.497 e. The molecule has 33 heavy (non-hydrogen) atoms. The highest BCUT2D eigenvalue weighted by Gasteiger charge is 2.24. The lowest BCUT2D eigenvalue weighted by molar-refractivity contribution is 0.0650. The van der Waals surface area contributed by atoms with E-state index in [2.05, 4.69) is 10.5 Å². The Kier molecular flexibility index (Phi) is 8.07. The summed E-state index contributed by atoms with van der Waals surface area (Å²) in [6.45, 7) is 4.52. The Bertz CT molecular complexity index is 1080. The van der Waals surface area contributed by atoms with Crippen LogP contribution in [0.2, 0.25) is 0 Å². The molecule has 0 spiro atoms. The van der Waals surface area contributed by atoms with Gasteiger partial charge in [-0.25, -0.2) is 0 Å². The third-order valence-electron chi connectivity index (χ3n) is 5.43. The molecule has 0 radical (unpaired) electrons. The molecule has 1 unspecified atom stereocenters. The molecule has 174 valence electrons. The maximum absolute atomic E-state index is 13.2. The highest BCUT2D eigenvalue weighted by atomic mass is 16.5. The van der Waals surface area contributed by atoms with E-state index in [9.17, 15) is 9.59 Å². The van der Waals surface area contributed by atoms with Gasteiger partial charge in [-0.05, 0) is 49.2 Å². The number of amides is 2. The quantitative estimate of drug-likeness (QED) is 0.500. The molecule has 0 aliphatic carbocycles. The standard InChI is InChI=1S/C25H29N3O5/c1-5-17(2)28(25(30)19-7-6-8-21(13-19)32-4)16-22-14-23(27-33-22)24(29)26-15-18-9-11-20(31-3)12-10-18/h6-14,17H,5,15-16H2,1-4H3,(H,26,29). The Balaban J connectivity index is 1.67. The van der Waals surface area contributed by atoms with Crippen LogP contribution in [0.4, 0.5) is 0 Å². The molecule has 2 amide bonds. The van der Waals surface area contributed by atoms with Gasteiger partial charge in [0.1, 0.15) is 11.5 Å². The molecule has 0 bridgehead atoms. The number of benzene rings is 2. The van der Waals surface area contributed by atoms with E-state index in [0.717, 1.165) is 17.7 Å². The molecule has 1 heterocycles. The average molecular weight is 452 g/mol. The van der Waals surface area contributed by atoms with Crippen LogP contribution in [-0.4, -0.2) is 42.1 Å². The van der Waals surface area contributed by atoms with Crippen LogP contribution in [0, 0.1) is 0 Å². The summed E-state index contributed by atoms with van der Waals surface area (Å²) in [7, 11) is 3.16. The number of carbonyl (C=O) groups is 2. The van der Waals surface area contributed by atoms with E-state index in [1.54, 1.807) is 49.5 Å². The van der Waals surface area contributed by atoms with Crippen molar-refractivity contribution < 1.29 is 23.6 Å². The van der Waals surface area contributed by atoms with Gasteiger partial charge in [0.25, 0.3) is 11.8 Å². The van der Waals surface area contributed by atoms with Gasteiger partial charge in [0.2, 0.25) is 0 Å². The fraction of sp³-hybridized carbons (Fsp3) is 0.320. The SMILES string of the molecule is CCC(C)N(Cc1cc(C(=O)NCc2ccc(OC)cc2)no1)C(=O)c1cccc(OC)c1. The van der Waals surface area contributed by atoms with E-state index < -0.39 is 0 Å². The molecule has 3 rings (SSSR count). The van der Waals surface area contributed by atoms with Crippen LogP contribution in [0.1, 0.15) is 52.4 Å². The predicted molar refractivity (Wildman–Crippen MR) is 123 cm³/mol. The first kappa shape index (κ1) is 23.8. The topological polar surface area (TPSA) is 93.9 Å². The van der Waals surface area contributed by atoms with Gasteiger partial charge in [0.15, 0.2) is 11.5 Å². The van der Waals surface area contributed by atoms with Crippen LogP contribution in [0.3, 0.4) is 0 Å². The maximum atomic E-state index is 13.2. The molecule has 8 nitrogen and oxygen atoms in total. The molecule has 0 saturated carbocycles. The van der Waals surface area contributed by atoms with Crippen LogP contribution < -0.4 is 14.8 Å². The van der Waals surface area contributed by atoms with Crippen molar-refractivity contribution in [2.24, 2.45) is 0 Å². The van der Waals surface area contributed by atoms with E-state index in [-0.39, 0.29) is 30.1 Å². The molecule has 3 aromatic rings. The second kappa shape index (κ2) is 11.2. The number of carbonyl (C=O) groups excluding carboxylic acids is 2. The molecule has 1 atom stereocenters. The van der Waals surface area contributed by atoms with Crippen molar-refractivity contribution in [2.45, 2.75) is 39.4 Å². The van der Waals surface area contributed by atoms with Crippen LogP contribution in [0.25, 0.3) is 0 Å².